The summed E-state index contributed by atoms with van der Waals surface area (Å²) >= 11 is 0. The van der Waals surface area contributed by atoms with Gasteiger partial charge in [0.25, 0.3) is 0 Å². The molecule has 28 heavy (non-hydrogen) atoms. The minimum absolute atomic E-state index is 0.0602. The van der Waals surface area contributed by atoms with Crippen LogP contribution in [0.15, 0.2) is 48.7 Å². The van der Waals surface area contributed by atoms with Gasteiger partial charge in [0.2, 0.25) is 5.91 Å². The molecular weight excluding hydrogens is 354 g/mol. The van der Waals surface area contributed by atoms with E-state index in [1.165, 1.54) is 0 Å². The highest BCUT2D eigenvalue weighted by atomic mass is 16.2. The molecule has 1 saturated heterocycles. The fourth-order valence-corrected chi connectivity index (χ4v) is 3.57. The zero-order valence-electron chi connectivity index (χ0n) is 16.0. The van der Waals surface area contributed by atoms with Crippen molar-refractivity contribution in [3.05, 3.63) is 48.7 Å². The van der Waals surface area contributed by atoms with Gasteiger partial charge in [-0.1, -0.05) is 6.07 Å². The Kier molecular flexibility index (Phi) is 5.14. The van der Waals surface area contributed by atoms with Crippen LogP contribution in [0.3, 0.4) is 0 Å². The van der Waals surface area contributed by atoms with Crippen LogP contribution in [0, 0.1) is 0 Å². The number of nitrogens with zero attached hydrogens (tertiary/aromatic N) is 4. The maximum atomic E-state index is 12.6. The van der Waals surface area contributed by atoms with Gasteiger partial charge in [0, 0.05) is 56.7 Å². The molecular formula is C21H25N5O2. The van der Waals surface area contributed by atoms with Crippen LogP contribution in [0.25, 0.3) is 0 Å². The van der Waals surface area contributed by atoms with Crippen molar-refractivity contribution in [1.29, 1.82) is 0 Å². The lowest BCUT2D eigenvalue weighted by Gasteiger charge is -2.35. The summed E-state index contributed by atoms with van der Waals surface area (Å²) in [6, 6.07) is 13.6. The lowest BCUT2D eigenvalue weighted by atomic mass is 10.2. The van der Waals surface area contributed by atoms with E-state index in [4.69, 9.17) is 0 Å². The van der Waals surface area contributed by atoms with Crippen molar-refractivity contribution < 1.29 is 9.59 Å². The largest absolute Gasteiger partial charge is 0.353 e. The third kappa shape index (κ3) is 4.08. The number of urea groups is 1. The highest BCUT2D eigenvalue weighted by Crippen LogP contribution is 2.32. The Bertz CT molecular complexity index is 828. The summed E-state index contributed by atoms with van der Waals surface area (Å²) in [6.45, 7) is 4.43. The van der Waals surface area contributed by atoms with Crippen LogP contribution in [0.5, 0.6) is 0 Å². The van der Waals surface area contributed by atoms with Gasteiger partial charge in [0.1, 0.15) is 5.82 Å². The standard InChI is InChI=1S/C21H25N5O2/c1-16(27)26(19-9-10-19)18-7-5-17(6-8-18)23-21(28)25-14-12-24(13-15-25)20-4-2-3-11-22-20/h2-8,11,19H,9-10,12-15H2,1H3,(H,23,28). The smallest absolute Gasteiger partial charge is 0.321 e. The van der Waals surface area contributed by atoms with Crippen LogP contribution < -0.4 is 15.1 Å². The Balaban J connectivity index is 1.32. The SMILES string of the molecule is CC(=O)N(c1ccc(NC(=O)N2CCN(c3ccccn3)CC2)cc1)C1CC1. The first-order valence-electron chi connectivity index (χ1n) is 9.73. The van der Waals surface area contributed by atoms with E-state index in [1.54, 1.807) is 13.1 Å². The number of piperazine rings is 1. The lowest BCUT2D eigenvalue weighted by Crippen LogP contribution is -2.50. The average molecular weight is 379 g/mol. The third-order valence-electron chi connectivity index (χ3n) is 5.19. The molecule has 0 radical (unpaired) electrons. The van der Waals surface area contributed by atoms with E-state index in [0.717, 1.165) is 43.1 Å². The van der Waals surface area contributed by atoms with Crippen molar-refractivity contribution in [3.8, 4) is 0 Å². The number of rotatable bonds is 4. The summed E-state index contributed by atoms with van der Waals surface area (Å²) in [4.78, 5) is 34.6. The number of aromatic nitrogens is 1. The quantitative estimate of drug-likeness (QED) is 0.887. The normalized spacial score (nSPS) is 16.6. The van der Waals surface area contributed by atoms with Crippen LogP contribution >= 0.6 is 0 Å². The lowest BCUT2D eigenvalue weighted by molar-refractivity contribution is -0.116. The molecule has 0 unspecified atom stereocenters. The molecule has 146 valence electrons. The van der Waals surface area contributed by atoms with E-state index < -0.39 is 0 Å². The van der Waals surface area contributed by atoms with Gasteiger partial charge in [-0.25, -0.2) is 9.78 Å². The summed E-state index contributed by atoms with van der Waals surface area (Å²) in [7, 11) is 0. The van der Waals surface area contributed by atoms with Gasteiger partial charge >= 0.3 is 6.03 Å². The third-order valence-corrected chi connectivity index (χ3v) is 5.19. The van der Waals surface area contributed by atoms with E-state index in [2.05, 4.69) is 15.2 Å². The molecule has 1 N–H and O–H groups in total. The van der Waals surface area contributed by atoms with Gasteiger partial charge in [-0.2, -0.15) is 0 Å². The molecule has 2 heterocycles. The number of carbonyl (C=O) groups is 2. The summed E-state index contributed by atoms with van der Waals surface area (Å²) in [6.07, 6.45) is 3.90. The van der Waals surface area contributed by atoms with Crippen molar-refractivity contribution in [2.45, 2.75) is 25.8 Å². The fourth-order valence-electron chi connectivity index (χ4n) is 3.57. The van der Waals surface area contributed by atoms with Crippen molar-refractivity contribution in [2.75, 3.05) is 41.3 Å². The van der Waals surface area contributed by atoms with E-state index in [-0.39, 0.29) is 11.9 Å². The molecule has 3 amide bonds. The predicted octanol–water partition coefficient (Wildman–Crippen LogP) is 2.95. The number of hydrogen-bond donors (Lipinski definition) is 1. The maximum absolute atomic E-state index is 12.6. The monoisotopic (exact) mass is 379 g/mol. The van der Waals surface area contributed by atoms with Crippen molar-refractivity contribution in [1.82, 2.24) is 9.88 Å². The number of benzene rings is 1. The zero-order chi connectivity index (χ0) is 19.5. The van der Waals surface area contributed by atoms with E-state index in [0.29, 0.717) is 19.1 Å². The second-order valence-corrected chi connectivity index (χ2v) is 7.26. The second-order valence-electron chi connectivity index (χ2n) is 7.26. The molecule has 7 nitrogen and oxygen atoms in total. The predicted molar refractivity (Wildman–Crippen MR) is 110 cm³/mol. The molecule has 1 saturated carbocycles. The molecule has 1 aromatic carbocycles. The molecule has 2 aliphatic rings. The molecule has 4 rings (SSSR count). The summed E-state index contributed by atoms with van der Waals surface area (Å²) in [5.41, 5.74) is 1.62. The fraction of sp³-hybridized carbons (Fsp3) is 0.381. The summed E-state index contributed by atoms with van der Waals surface area (Å²) in [5.74, 6) is 1.01. The molecule has 0 spiro atoms. The molecule has 0 bridgehead atoms. The van der Waals surface area contributed by atoms with Crippen molar-refractivity contribution >= 4 is 29.1 Å². The Hall–Kier alpha value is -3.09. The Morgan fingerprint density at radius 3 is 2.32 bits per heavy atom. The van der Waals surface area contributed by atoms with Gasteiger partial charge in [0.15, 0.2) is 0 Å². The van der Waals surface area contributed by atoms with Crippen molar-refractivity contribution in [2.24, 2.45) is 0 Å². The summed E-state index contributed by atoms with van der Waals surface area (Å²) < 4.78 is 0. The van der Waals surface area contributed by atoms with Crippen LogP contribution in [0.1, 0.15) is 19.8 Å². The van der Waals surface area contributed by atoms with Gasteiger partial charge < -0.3 is 20.0 Å². The van der Waals surface area contributed by atoms with Gasteiger partial charge in [0.05, 0.1) is 0 Å². The molecule has 2 fully saturated rings. The molecule has 0 atom stereocenters. The van der Waals surface area contributed by atoms with Gasteiger partial charge in [-0.05, 0) is 49.2 Å². The highest BCUT2D eigenvalue weighted by Gasteiger charge is 2.31. The van der Waals surface area contributed by atoms with Crippen LogP contribution in [0.2, 0.25) is 0 Å². The topological polar surface area (TPSA) is 68.8 Å². The first kappa shape index (κ1) is 18.3. The number of pyridine rings is 1. The number of nitrogens with one attached hydrogen (secondary N) is 1. The molecule has 2 aromatic rings. The maximum Gasteiger partial charge on any atom is 0.321 e. The zero-order valence-corrected chi connectivity index (χ0v) is 16.0. The minimum Gasteiger partial charge on any atom is -0.353 e. The van der Waals surface area contributed by atoms with E-state index in [1.807, 2.05) is 52.3 Å². The van der Waals surface area contributed by atoms with Crippen molar-refractivity contribution in [3.63, 3.8) is 0 Å². The molecule has 7 heteroatoms. The van der Waals surface area contributed by atoms with Crippen LogP contribution in [0.4, 0.5) is 22.0 Å². The van der Waals surface area contributed by atoms with Crippen LogP contribution in [-0.2, 0) is 4.79 Å². The second kappa shape index (κ2) is 7.88. The molecule has 1 aliphatic carbocycles. The van der Waals surface area contributed by atoms with E-state index in [9.17, 15) is 9.59 Å². The minimum atomic E-state index is -0.0981. The average Bonchev–Trinajstić information content (AvgIpc) is 3.55. The van der Waals surface area contributed by atoms with E-state index >= 15 is 0 Å². The number of anilines is 3. The Morgan fingerprint density at radius 1 is 1.04 bits per heavy atom. The highest BCUT2D eigenvalue weighted by molar-refractivity contribution is 5.94. The first-order chi connectivity index (χ1) is 13.6. The number of amides is 3. The van der Waals surface area contributed by atoms with Crippen LogP contribution in [-0.4, -0.2) is 54.0 Å². The Morgan fingerprint density at radius 2 is 1.75 bits per heavy atom. The number of carbonyl (C=O) groups excluding carboxylic acids is 2. The Labute approximate surface area is 164 Å². The molecule has 1 aromatic heterocycles. The van der Waals surface area contributed by atoms with Gasteiger partial charge in [-0.15, -0.1) is 0 Å². The first-order valence-corrected chi connectivity index (χ1v) is 9.73. The molecule has 1 aliphatic heterocycles. The summed E-state index contributed by atoms with van der Waals surface area (Å²) in [5, 5.41) is 2.96. The van der Waals surface area contributed by atoms with Gasteiger partial charge in [-0.3, -0.25) is 4.79 Å². The number of hydrogen-bond acceptors (Lipinski definition) is 4.